The minimum atomic E-state index is -0.329. The van der Waals surface area contributed by atoms with Crippen LogP contribution in [0.2, 0.25) is 0 Å². The van der Waals surface area contributed by atoms with Crippen LogP contribution in [0.1, 0.15) is 25.3 Å². The van der Waals surface area contributed by atoms with Crippen LogP contribution in [0.25, 0.3) is 0 Å². The number of hydrogen-bond donors (Lipinski definition) is 0. The summed E-state index contributed by atoms with van der Waals surface area (Å²) in [6, 6.07) is 9.62. The van der Waals surface area contributed by atoms with Crippen LogP contribution in [-0.4, -0.2) is 55.6 Å². The number of unbranched alkanes of at least 4 members (excludes halogenated alkanes) is 1. The maximum Gasteiger partial charge on any atom is 0.410 e. The van der Waals surface area contributed by atoms with Crippen molar-refractivity contribution in [3.63, 3.8) is 0 Å². The molecule has 1 amide bonds. The molecule has 0 saturated carbocycles. The molecule has 0 spiro atoms. The zero-order valence-electron chi connectivity index (χ0n) is 14.2. The van der Waals surface area contributed by atoms with Gasteiger partial charge in [-0.1, -0.05) is 43.7 Å². The first-order chi connectivity index (χ1) is 11.8. The molecular formula is C17H26N2O5. The van der Waals surface area contributed by atoms with Gasteiger partial charge in [0.15, 0.2) is 6.73 Å². The second-order valence-corrected chi connectivity index (χ2v) is 5.49. The molecule has 1 aliphatic heterocycles. The lowest BCUT2D eigenvalue weighted by atomic mass is 10.2. The van der Waals surface area contributed by atoms with Crippen molar-refractivity contribution in [1.29, 1.82) is 0 Å². The molecule has 0 bridgehead atoms. The number of carbonyl (C=O) groups excluding carboxylic acids is 1. The summed E-state index contributed by atoms with van der Waals surface area (Å²) >= 11 is 0. The van der Waals surface area contributed by atoms with E-state index in [4.69, 9.17) is 19.3 Å². The molecular weight excluding hydrogens is 312 g/mol. The Kier molecular flexibility index (Phi) is 8.54. The van der Waals surface area contributed by atoms with Crippen LogP contribution >= 0.6 is 0 Å². The molecule has 0 unspecified atom stereocenters. The van der Waals surface area contributed by atoms with Gasteiger partial charge in [-0.05, 0) is 12.0 Å². The van der Waals surface area contributed by atoms with Gasteiger partial charge in [0, 0.05) is 19.6 Å². The van der Waals surface area contributed by atoms with Gasteiger partial charge >= 0.3 is 6.09 Å². The Morgan fingerprint density at radius 2 is 2.00 bits per heavy atom. The minimum Gasteiger partial charge on any atom is -0.445 e. The molecule has 0 aromatic heterocycles. The number of nitrogens with zero attached hydrogens (tertiary/aromatic N) is 2. The highest BCUT2D eigenvalue weighted by Crippen LogP contribution is 2.06. The predicted octanol–water partition coefficient (Wildman–Crippen LogP) is 2.58. The molecule has 1 aliphatic rings. The zero-order chi connectivity index (χ0) is 17.0. The van der Waals surface area contributed by atoms with E-state index < -0.39 is 0 Å². The number of hydrogen-bond acceptors (Lipinski definition) is 6. The molecule has 0 radical (unpaired) electrons. The van der Waals surface area contributed by atoms with Gasteiger partial charge in [-0.25, -0.2) is 14.6 Å². The minimum absolute atomic E-state index is 0.219. The van der Waals surface area contributed by atoms with Crippen LogP contribution in [0.3, 0.4) is 0 Å². The summed E-state index contributed by atoms with van der Waals surface area (Å²) in [4.78, 5) is 29.5. The summed E-state index contributed by atoms with van der Waals surface area (Å²) in [6.45, 7) is 5.10. The molecule has 134 valence electrons. The van der Waals surface area contributed by atoms with Crippen molar-refractivity contribution >= 4 is 6.09 Å². The third-order valence-electron chi connectivity index (χ3n) is 3.58. The highest BCUT2D eigenvalue weighted by atomic mass is 17.2. The first kappa shape index (κ1) is 18.7. The molecule has 2 rings (SSSR count). The molecule has 24 heavy (non-hydrogen) atoms. The fourth-order valence-electron chi connectivity index (χ4n) is 2.14. The fourth-order valence-corrected chi connectivity index (χ4v) is 2.14. The number of hydroxylamine groups is 2. The maximum absolute atomic E-state index is 12.1. The van der Waals surface area contributed by atoms with Crippen LogP contribution in [0.15, 0.2) is 30.3 Å². The van der Waals surface area contributed by atoms with Gasteiger partial charge in [-0.3, -0.25) is 4.84 Å². The Hall–Kier alpha value is -1.67. The van der Waals surface area contributed by atoms with E-state index in [1.54, 1.807) is 9.96 Å². The van der Waals surface area contributed by atoms with E-state index in [0.29, 0.717) is 32.8 Å². The third-order valence-corrected chi connectivity index (χ3v) is 3.58. The average Bonchev–Trinajstić information content (AvgIpc) is 2.86. The average molecular weight is 338 g/mol. The van der Waals surface area contributed by atoms with Gasteiger partial charge in [0.25, 0.3) is 0 Å². The fraction of sp³-hybridized carbons (Fsp3) is 0.588. The van der Waals surface area contributed by atoms with Crippen LogP contribution in [-0.2, 0) is 26.0 Å². The Bertz CT molecular complexity index is 471. The van der Waals surface area contributed by atoms with Crippen LogP contribution in [0.5, 0.6) is 0 Å². The first-order valence-electron chi connectivity index (χ1n) is 8.37. The van der Waals surface area contributed by atoms with Crippen LogP contribution < -0.4 is 0 Å². The summed E-state index contributed by atoms with van der Waals surface area (Å²) < 4.78 is 5.34. The summed E-state index contributed by atoms with van der Waals surface area (Å²) in [5.74, 6) is 0. The summed E-state index contributed by atoms with van der Waals surface area (Å²) in [6.07, 6.45) is 1.69. The Morgan fingerprint density at radius 3 is 2.79 bits per heavy atom. The molecule has 0 atom stereocenters. The van der Waals surface area contributed by atoms with Crippen molar-refractivity contribution < 1.29 is 24.1 Å². The number of amides is 1. The van der Waals surface area contributed by atoms with Gasteiger partial charge in [0.1, 0.15) is 6.61 Å². The molecule has 1 saturated heterocycles. The van der Waals surface area contributed by atoms with Gasteiger partial charge in [0.05, 0.1) is 13.2 Å². The van der Waals surface area contributed by atoms with Crippen molar-refractivity contribution in [1.82, 2.24) is 9.96 Å². The zero-order valence-corrected chi connectivity index (χ0v) is 14.2. The van der Waals surface area contributed by atoms with Crippen LogP contribution in [0.4, 0.5) is 4.79 Å². The standard InChI is InChI=1S/C17H26N2O5/c1-2-3-12-23-24-15-19-10-9-18(11-13-22-19)17(20)21-14-16-7-5-4-6-8-16/h4-8H,2-3,9-15H2,1H3. The normalized spacial score (nSPS) is 16.0. The Balaban J connectivity index is 1.65. The second-order valence-electron chi connectivity index (χ2n) is 5.49. The number of rotatable bonds is 8. The molecule has 1 aromatic carbocycles. The van der Waals surface area contributed by atoms with E-state index in [9.17, 15) is 4.79 Å². The van der Waals surface area contributed by atoms with E-state index in [1.807, 2.05) is 30.3 Å². The number of carbonyl (C=O) groups is 1. The van der Waals surface area contributed by atoms with E-state index >= 15 is 0 Å². The van der Waals surface area contributed by atoms with Crippen molar-refractivity contribution in [3.05, 3.63) is 35.9 Å². The molecule has 1 fully saturated rings. The molecule has 0 aliphatic carbocycles. The maximum atomic E-state index is 12.1. The van der Waals surface area contributed by atoms with E-state index in [2.05, 4.69) is 6.92 Å². The molecule has 0 N–H and O–H groups in total. The second kappa shape index (κ2) is 11.0. The molecule has 1 aromatic rings. The first-order valence-corrected chi connectivity index (χ1v) is 8.37. The van der Waals surface area contributed by atoms with Crippen molar-refractivity contribution in [2.45, 2.75) is 26.4 Å². The van der Waals surface area contributed by atoms with E-state index in [-0.39, 0.29) is 19.4 Å². The SMILES string of the molecule is CCCCOOCN1CCN(C(=O)OCc2ccccc2)CCO1. The molecule has 1 heterocycles. The Labute approximate surface area is 142 Å². The quantitative estimate of drug-likeness (QED) is 0.412. The summed E-state index contributed by atoms with van der Waals surface area (Å²) in [5.41, 5.74) is 0.969. The topological polar surface area (TPSA) is 60.5 Å². The van der Waals surface area contributed by atoms with E-state index in [0.717, 1.165) is 18.4 Å². The van der Waals surface area contributed by atoms with Crippen LogP contribution in [0, 0.1) is 0 Å². The van der Waals surface area contributed by atoms with Crippen molar-refractivity contribution in [3.8, 4) is 0 Å². The Morgan fingerprint density at radius 1 is 1.17 bits per heavy atom. The summed E-state index contributed by atoms with van der Waals surface area (Å²) in [7, 11) is 0. The van der Waals surface area contributed by atoms with E-state index in [1.165, 1.54) is 0 Å². The van der Waals surface area contributed by atoms with Crippen molar-refractivity contribution in [2.24, 2.45) is 0 Å². The lowest BCUT2D eigenvalue weighted by Crippen LogP contribution is -2.36. The number of ether oxygens (including phenoxy) is 1. The predicted molar refractivity (Wildman–Crippen MR) is 87.7 cm³/mol. The lowest BCUT2D eigenvalue weighted by Gasteiger charge is -2.19. The van der Waals surface area contributed by atoms with Crippen molar-refractivity contribution in [2.75, 3.05) is 39.6 Å². The molecule has 7 heteroatoms. The highest BCUT2D eigenvalue weighted by Gasteiger charge is 2.21. The number of benzene rings is 1. The lowest BCUT2D eigenvalue weighted by molar-refractivity contribution is -0.352. The smallest absolute Gasteiger partial charge is 0.410 e. The van der Waals surface area contributed by atoms with Gasteiger partial charge in [0.2, 0.25) is 0 Å². The summed E-state index contributed by atoms with van der Waals surface area (Å²) in [5, 5.41) is 1.65. The van der Waals surface area contributed by atoms with Gasteiger partial charge in [-0.15, -0.1) is 0 Å². The third kappa shape index (κ3) is 6.84. The van der Waals surface area contributed by atoms with Gasteiger partial charge in [-0.2, -0.15) is 5.06 Å². The largest absolute Gasteiger partial charge is 0.445 e. The molecule has 7 nitrogen and oxygen atoms in total. The highest BCUT2D eigenvalue weighted by molar-refractivity contribution is 5.67. The van der Waals surface area contributed by atoms with Gasteiger partial charge < -0.3 is 9.64 Å². The monoisotopic (exact) mass is 338 g/mol.